The van der Waals surface area contributed by atoms with Crippen molar-refractivity contribution in [3.8, 4) is 28.8 Å². The van der Waals surface area contributed by atoms with Gasteiger partial charge in [-0.1, -0.05) is 6.07 Å². The van der Waals surface area contributed by atoms with E-state index in [-0.39, 0.29) is 22.8 Å². The maximum atomic E-state index is 13.4. The van der Waals surface area contributed by atoms with Crippen LogP contribution in [0.5, 0.6) is 0 Å². The van der Waals surface area contributed by atoms with Crippen LogP contribution >= 0.6 is 0 Å². The molecule has 2 heterocycles. The van der Waals surface area contributed by atoms with Gasteiger partial charge in [-0.3, -0.25) is 9.36 Å². The van der Waals surface area contributed by atoms with Crippen LogP contribution in [0.25, 0.3) is 22.8 Å². The van der Waals surface area contributed by atoms with Crippen molar-refractivity contribution in [2.45, 2.75) is 13.1 Å². The summed E-state index contributed by atoms with van der Waals surface area (Å²) in [6, 6.07) is 13.7. The molecule has 37 heavy (non-hydrogen) atoms. The first kappa shape index (κ1) is 24.9. The number of nitriles is 1. The normalized spacial score (nSPS) is 11.1. The summed E-state index contributed by atoms with van der Waals surface area (Å²) in [5.41, 5.74) is 2.82. The highest BCUT2D eigenvalue weighted by atomic mass is 19.4. The lowest BCUT2D eigenvalue weighted by Crippen LogP contribution is -2.32. The van der Waals surface area contributed by atoms with Crippen molar-refractivity contribution in [1.29, 1.82) is 5.26 Å². The SMILES string of the molecule is Cc1c(-c2ccnn2-c2ccc(C#N)cc2)nc(C(=O)OC(N)=O)c(=O)n1-c1cccc(C(F)(F)F)c1. The summed E-state index contributed by atoms with van der Waals surface area (Å²) in [6.45, 7) is 1.42. The summed E-state index contributed by atoms with van der Waals surface area (Å²) >= 11 is 0. The van der Waals surface area contributed by atoms with E-state index in [2.05, 4.69) is 14.8 Å². The molecule has 2 N–H and O–H groups in total. The van der Waals surface area contributed by atoms with E-state index in [1.165, 1.54) is 29.9 Å². The number of nitrogens with zero attached hydrogens (tertiary/aromatic N) is 5. The molecule has 4 rings (SSSR count). The molecule has 13 heteroatoms. The van der Waals surface area contributed by atoms with Gasteiger partial charge < -0.3 is 10.5 Å². The van der Waals surface area contributed by atoms with E-state index in [0.717, 1.165) is 22.8 Å². The zero-order valence-corrected chi connectivity index (χ0v) is 18.9. The lowest BCUT2D eigenvalue weighted by Gasteiger charge is -2.17. The molecule has 0 saturated heterocycles. The Balaban J connectivity index is 2.00. The number of carbonyl (C=O) groups is 2. The number of amides is 1. The van der Waals surface area contributed by atoms with Crippen LogP contribution in [-0.2, 0) is 10.9 Å². The second-order valence-corrected chi connectivity index (χ2v) is 7.58. The number of alkyl halides is 3. The van der Waals surface area contributed by atoms with Crippen LogP contribution < -0.4 is 11.3 Å². The molecule has 0 aliphatic carbocycles. The van der Waals surface area contributed by atoms with Crippen molar-refractivity contribution < 1.29 is 27.5 Å². The lowest BCUT2D eigenvalue weighted by molar-refractivity contribution is -0.137. The number of ether oxygens (including phenoxy) is 1. The molecule has 0 fully saturated rings. The number of rotatable bonds is 4. The summed E-state index contributed by atoms with van der Waals surface area (Å²) in [7, 11) is 0. The minimum absolute atomic E-state index is 0.0182. The van der Waals surface area contributed by atoms with Crippen LogP contribution in [0.3, 0.4) is 0 Å². The van der Waals surface area contributed by atoms with Crippen LogP contribution in [0.4, 0.5) is 18.0 Å². The molecule has 0 aliphatic rings. The average molecular weight is 508 g/mol. The number of esters is 1. The smallest absolute Gasteiger partial charge is 0.371 e. The molecule has 4 aromatic rings. The Hall–Kier alpha value is -5.25. The molecule has 0 saturated carbocycles. The highest BCUT2D eigenvalue weighted by molar-refractivity contribution is 5.94. The Kier molecular flexibility index (Phi) is 6.33. The number of hydrogen-bond acceptors (Lipinski definition) is 7. The molecule has 0 spiro atoms. The first-order valence-corrected chi connectivity index (χ1v) is 10.4. The van der Waals surface area contributed by atoms with Gasteiger partial charge in [0.05, 0.1) is 40.5 Å². The van der Waals surface area contributed by atoms with E-state index < -0.39 is 35.1 Å². The van der Waals surface area contributed by atoms with E-state index in [9.17, 15) is 27.6 Å². The van der Waals surface area contributed by atoms with Gasteiger partial charge in [0.2, 0.25) is 5.69 Å². The molecule has 2 aromatic heterocycles. The number of benzene rings is 2. The summed E-state index contributed by atoms with van der Waals surface area (Å²) in [6.07, 6.45) is -4.80. The molecular weight excluding hydrogens is 493 g/mol. The third-order valence-electron chi connectivity index (χ3n) is 5.25. The molecule has 0 bridgehead atoms. The van der Waals surface area contributed by atoms with Gasteiger partial charge in [-0.25, -0.2) is 19.3 Å². The predicted molar refractivity (Wildman–Crippen MR) is 122 cm³/mol. The van der Waals surface area contributed by atoms with Crippen LogP contribution in [0.15, 0.2) is 65.6 Å². The number of primary amides is 1. The molecule has 10 nitrogen and oxygen atoms in total. The van der Waals surface area contributed by atoms with Gasteiger partial charge in [0.25, 0.3) is 5.56 Å². The number of carbonyl (C=O) groups excluding carboxylic acids is 2. The van der Waals surface area contributed by atoms with Gasteiger partial charge in [0.1, 0.15) is 5.69 Å². The standard InChI is InChI=1S/C24H15F3N6O4/c1-13-19(18-9-10-30-33(18)16-7-5-14(12-28)6-8-16)31-20(22(35)37-23(29)36)21(34)32(13)17-4-2-3-15(11-17)24(25,26)27/h2-11H,1H3,(H2,29,36). The predicted octanol–water partition coefficient (Wildman–Crippen LogP) is 3.52. The van der Waals surface area contributed by atoms with Crippen LogP contribution in [0, 0.1) is 18.3 Å². The fourth-order valence-electron chi connectivity index (χ4n) is 3.62. The summed E-state index contributed by atoms with van der Waals surface area (Å²) in [4.78, 5) is 41.0. The van der Waals surface area contributed by atoms with Gasteiger partial charge in [0.15, 0.2) is 0 Å². The quantitative estimate of drug-likeness (QED) is 0.328. The molecule has 1 amide bonds. The van der Waals surface area contributed by atoms with E-state index in [0.29, 0.717) is 11.3 Å². The Morgan fingerprint density at radius 2 is 1.78 bits per heavy atom. The molecule has 2 aromatic carbocycles. The average Bonchev–Trinajstić information content (AvgIpc) is 3.33. The van der Waals surface area contributed by atoms with Gasteiger partial charge in [0, 0.05) is 5.69 Å². The van der Waals surface area contributed by atoms with Crippen LogP contribution in [0.1, 0.15) is 27.3 Å². The molecule has 186 valence electrons. The largest absolute Gasteiger partial charge is 0.416 e. The Bertz CT molecular complexity index is 1630. The zero-order chi connectivity index (χ0) is 26.9. The van der Waals surface area contributed by atoms with Crippen LogP contribution in [0.2, 0.25) is 0 Å². The summed E-state index contributed by atoms with van der Waals surface area (Å²) in [5, 5.41) is 13.3. The highest BCUT2D eigenvalue weighted by Gasteiger charge is 2.31. The minimum atomic E-state index is -4.70. The molecular formula is C24H15F3N6O4. The monoisotopic (exact) mass is 508 g/mol. The Labute approximate surface area is 206 Å². The minimum Gasteiger partial charge on any atom is -0.371 e. The lowest BCUT2D eigenvalue weighted by atomic mass is 10.1. The topological polar surface area (TPSA) is 146 Å². The third kappa shape index (κ3) is 4.80. The molecule has 0 unspecified atom stereocenters. The Morgan fingerprint density at radius 1 is 1.08 bits per heavy atom. The number of hydrogen-bond donors (Lipinski definition) is 1. The van der Waals surface area contributed by atoms with Gasteiger partial charge in [-0.15, -0.1) is 0 Å². The van der Waals surface area contributed by atoms with Crippen LogP contribution in [-0.4, -0.2) is 31.4 Å². The van der Waals surface area contributed by atoms with E-state index in [1.807, 2.05) is 6.07 Å². The fourth-order valence-corrected chi connectivity index (χ4v) is 3.62. The van der Waals surface area contributed by atoms with Gasteiger partial charge >= 0.3 is 18.2 Å². The van der Waals surface area contributed by atoms with Crippen molar-refractivity contribution in [1.82, 2.24) is 19.3 Å². The molecule has 0 radical (unpaired) electrons. The highest BCUT2D eigenvalue weighted by Crippen LogP contribution is 2.31. The fraction of sp³-hybridized carbons (Fsp3) is 0.0833. The van der Waals surface area contributed by atoms with Gasteiger partial charge in [-0.05, 0) is 55.5 Å². The summed E-state index contributed by atoms with van der Waals surface area (Å²) in [5.74, 6) is -1.48. The number of halogens is 3. The second kappa shape index (κ2) is 9.42. The van der Waals surface area contributed by atoms with Crippen molar-refractivity contribution in [2.24, 2.45) is 5.73 Å². The van der Waals surface area contributed by atoms with Gasteiger partial charge in [-0.2, -0.15) is 23.5 Å². The van der Waals surface area contributed by atoms with E-state index in [4.69, 9.17) is 11.0 Å². The summed E-state index contributed by atoms with van der Waals surface area (Å²) < 4.78 is 46.7. The first-order valence-electron chi connectivity index (χ1n) is 10.4. The zero-order valence-electron chi connectivity index (χ0n) is 18.9. The number of nitrogens with two attached hydrogens (primary N) is 1. The van der Waals surface area contributed by atoms with E-state index >= 15 is 0 Å². The maximum absolute atomic E-state index is 13.4. The van der Waals surface area contributed by atoms with Crippen molar-refractivity contribution in [2.75, 3.05) is 0 Å². The molecule has 0 aliphatic heterocycles. The van der Waals surface area contributed by atoms with E-state index in [1.54, 1.807) is 24.3 Å². The molecule has 0 atom stereocenters. The Morgan fingerprint density at radius 3 is 2.41 bits per heavy atom. The third-order valence-corrected chi connectivity index (χ3v) is 5.25. The maximum Gasteiger partial charge on any atom is 0.416 e. The van der Waals surface area contributed by atoms with Crippen molar-refractivity contribution in [3.05, 3.63) is 93.7 Å². The van der Waals surface area contributed by atoms with Crippen molar-refractivity contribution >= 4 is 12.1 Å². The number of aromatic nitrogens is 4. The first-order chi connectivity index (χ1) is 17.5. The second-order valence-electron chi connectivity index (χ2n) is 7.58. The van der Waals surface area contributed by atoms with Crippen molar-refractivity contribution in [3.63, 3.8) is 0 Å².